The number of carbonyl (C=O) groups excluding carboxylic acids is 1. The third-order valence-electron chi connectivity index (χ3n) is 7.05. The summed E-state index contributed by atoms with van der Waals surface area (Å²) < 4.78 is 29.6. The number of carbonyl (C=O) groups is 1. The van der Waals surface area contributed by atoms with Gasteiger partial charge in [-0.2, -0.15) is 8.42 Å². The molecule has 8 heteroatoms. The van der Waals surface area contributed by atoms with E-state index in [0.29, 0.717) is 12.3 Å². The van der Waals surface area contributed by atoms with Gasteiger partial charge in [-0.3, -0.25) is 14.3 Å². The predicted octanol–water partition coefficient (Wildman–Crippen LogP) is 5.69. The van der Waals surface area contributed by atoms with Crippen LogP contribution in [0.1, 0.15) is 23.1 Å². The van der Waals surface area contributed by atoms with Crippen LogP contribution < -0.4 is 4.90 Å². The molecule has 5 rings (SSSR count). The minimum atomic E-state index is -4.02. The Hall–Kier alpha value is -3.85. The number of anilines is 1. The summed E-state index contributed by atoms with van der Waals surface area (Å²) in [5.41, 5.74) is 6.77. The number of para-hydroxylation sites is 1. The predicted molar refractivity (Wildman–Crippen MR) is 164 cm³/mol. The molecule has 1 aromatic heterocycles. The molecule has 4 aromatic rings. The molecule has 1 unspecified atom stereocenters. The van der Waals surface area contributed by atoms with Crippen LogP contribution >= 0.6 is 0 Å². The van der Waals surface area contributed by atoms with Crippen molar-refractivity contribution in [2.24, 2.45) is 5.92 Å². The summed E-state index contributed by atoms with van der Waals surface area (Å²) >= 11 is 0. The lowest BCUT2D eigenvalue weighted by atomic mass is 9.91. The monoisotopic (exact) mass is 571 g/mol. The molecule has 1 aliphatic rings. The van der Waals surface area contributed by atoms with E-state index in [9.17, 15) is 13.2 Å². The summed E-state index contributed by atoms with van der Waals surface area (Å²) in [5, 5.41) is 0. The lowest BCUT2D eigenvalue weighted by Gasteiger charge is -2.36. The number of amides is 1. The van der Waals surface area contributed by atoms with Crippen molar-refractivity contribution in [3.8, 4) is 11.1 Å². The van der Waals surface area contributed by atoms with Gasteiger partial charge < -0.3 is 9.80 Å². The Morgan fingerprint density at radius 3 is 2.29 bits per heavy atom. The van der Waals surface area contributed by atoms with Crippen LogP contribution in [0.2, 0.25) is 0 Å². The zero-order valence-corrected chi connectivity index (χ0v) is 24.6. The first-order valence-electron chi connectivity index (χ1n) is 13.7. The SMILES string of the molecule is CN(C)CC1Cc2ccccc2N(C(=O)CCc2ccc(-c3cccnc3)cc2)C1.Cc1ccc(S(=O)(=O)O)cc1. The zero-order chi connectivity index (χ0) is 29.4. The number of hydrogen-bond acceptors (Lipinski definition) is 5. The molecule has 0 spiro atoms. The molecule has 0 aliphatic carbocycles. The lowest BCUT2D eigenvalue weighted by molar-refractivity contribution is -0.118. The Kier molecular flexibility index (Phi) is 10.0. The van der Waals surface area contributed by atoms with E-state index in [0.717, 1.165) is 48.3 Å². The molecule has 0 saturated heterocycles. The summed E-state index contributed by atoms with van der Waals surface area (Å²) in [5.74, 6) is 0.680. The summed E-state index contributed by atoms with van der Waals surface area (Å²) in [7, 11) is 0.179. The summed E-state index contributed by atoms with van der Waals surface area (Å²) in [6, 6.07) is 26.8. The third kappa shape index (κ3) is 8.57. The number of aryl methyl sites for hydroxylation is 2. The second-order valence-corrected chi connectivity index (χ2v) is 12.1. The standard InChI is InChI=1S/C26H29N3O.C7H8O3S/c1-28(2)18-21-16-23-6-3-4-8-25(23)29(19-21)26(30)14-11-20-9-12-22(13-10-20)24-7-5-15-27-17-24;1-6-2-4-7(5-3-6)11(8,9)10/h3-10,12-13,15,17,21H,11,14,16,18-19H2,1-2H3;2-5H,1H3,(H,8,9,10). The first-order valence-corrected chi connectivity index (χ1v) is 15.1. The van der Waals surface area contributed by atoms with Gasteiger partial charge in [0.1, 0.15) is 0 Å². The van der Waals surface area contributed by atoms with Gasteiger partial charge in [0.2, 0.25) is 5.91 Å². The van der Waals surface area contributed by atoms with Crippen LogP contribution in [0.3, 0.4) is 0 Å². The molecule has 214 valence electrons. The summed E-state index contributed by atoms with van der Waals surface area (Å²) in [6.07, 6.45) is 5.97. The maximum Gasteiger partial charge on any atom is 0.294 e. The fourth-order valence-electron chi connectivity index (χ4n) is 5.05. The van der Waals surface area contributed by atoms with Gasteiger partial charge in [-0.05, 0) is 86.3 Å². The van der Waals surface area contributed by atoms with Crippen molar-refractivity contribution < 1.29 is 17.8 Å². The van der Waals surface area contributed by atoms with E-state index in [4.69, 9.17) is 4.55 Å². The number of nitrogens with zero attached hydrogens (tertiary/aromatic N) is 3. The van der Waals surface area contributed by atoms with E-state index in [1.807, 2.05) is 30.2 Å². The number of hydrogen-bond donors (Lipinski definition) is 1. The maximum absolute atomic E-state index is 13.2. The van der Waals surface area contributed by atoms with Crippen molar-refractivity contribution in [2.45, 2.75) is 31.1 Å². The van der Waals surface area contributed by atoms with Crippen molar-refractivity contribution in [2.75, 3.05) is 32.1 Å². The Morgan fingerprint density at radius 2 is 1.66 bits per heavy atom. The van der Waals surface area contributed by atoms with E-state index < -0.39 is 10.1 Å². The van der Waals surface area contributed by atoms with E-state index >= 15 is 0 Å². The quantitative estimate of drug-likeness (QED) is 0.287. The number of aromatic nitrogens is 1. The van der Waals surface area contributed by atoms with E-state index in [-0.39, 0.29) is 10.8 Å². The molecule has 0 fully saturated rings. The van der Waals surface area contributed by atoms with Gasteiger partial charge in [0.05, 0.1) is 4.90 Å². The molecule has 1 atom stereocenters. The van der Waals surface area contributed by atoms with Crippen LogP contribution in [0.15, 0.2) is 102 Å². The highest BCUT2D eigenvalue weighted by Gasteiger charge is 2.28. The molecular formula is C33H37N3O4S. The number of fused-ring (bicyclic) bond motifs is 1. The van der Waals surface area contributed by atoms with E-state index in [1.54, 1.807) is 18.3 Å². The van der Waals surface area contributed by atoms with Crippen LogP contribution in [-0.4, -0.2) is 55.9 Å². The molecule has 1 N–H and O–H groups in total. The second-order valence-electron chi connectivity index (χ2n) is 10.7. The summed E-state index contributed by atoms with van der Waals surface area (Å²) in [4.78, 5) is 21.5. The highest BCUT2D eigenvalue weighted by atomic mass is 32.2. The molecule has 2 heterocycles. The molecule has 7 nitrogen and oxygen atoms in total. The number of pyridine rings is 1. The van der Waals surface area contributed by atoms with Gasteiger partial charge in [0, 0.05) is 37.6 Å². The highest BCUT2D eigenvalue weighted by Crippen LogP contribution is 2.30. The van der Waals surface area contributed by atoms with Gasteiger partial charge in [0.25, 0.3) is 10.1 Å². The number of rotatable bonds is 7. The van der Waals surface area contributed by atoms with Gasteiger partial charge in [-0.1, -0.05) is 66.2 Å². The third-order valence-corrected chi connectivity index (χ3v) is 7.92. The molecule has 41 heavy (non-hydrogen) atoms. The minimum Gasteiger partial charge on any atom is -0.312 e. The Balaban J connectivity index is 0.000000296. The van der Waals surface area contributed by atoms with Crippen LogP contribution in [-0.2, 0) is 27.8 Å². The van der Waals surface area contributed by atoms with Gasteiger partial charge >= 0.3 is 0 Å². The second kappa shape index (κ2) is 13.7. The van der Waals surface area contributed by atoms with Crippen LogP contribution in [0, 0.1) is 12.8 Å². The lowest BCUT2D eigenvalue weighted by Crippen LogP contribution is -2.43. The normalized spacial score (nSPS) is 14.7. The van der Waals surface area contributed by atoms with Gasteiger partial charge in [-0.15, -0.1) is 0 Å². The minimum absolute atomic E-state index is 0.0666. The topological polar surface area (TPSA) is 90.8 Å². The van der Waals surface area contributed by atoms with E-state index in [1.165, 1.54) is 23.3 Å². The van der Waals surface area contributed by atoms with Crippen LogP contribution in [0.5, 0.6) is 0 Å². The average molecular weight is 572 g/mol. The molecule has 0 radical (unpaired) electrons. The van der Waals surface area contributed by atoms with Gasteiger partial charge in [-0.25, -0.2) is 0 Å². The molecular weight excluding hydrogens is 534 g/mol. The molecule has 0 saturated carbocycles. The maximum atomic E-state index is 13.2. The molecule has 3 aromatic carbocycles. The highest BCUT2D eigenvalue weighted by molar-refractivity contribution is 7.85. The Bertz CT molecular complexity index is 1540. The first-order chi connectivity index (χ1) is 19.6. The fraction of sp³-hybridized carbons (Fsp3) is 0.273. The molecule has 0 bridgehead atoms. The number of benzene rings is 3. The van der Waals surface area contributed by atoms with Crippen molar-refractivity contribution >= 4 is 21.7 Å². The zero-order valence-electron chi connectivity index (χ0n) is 23.8. The molecule has 1 aliphatic heterocycles. The fourth-order valence-corrected chi connectivity index (χ4v) is 5.53. The Labute approximate surface area is 243 Å². The molecule has 1 amide bonds. The van der Waals surface area contributed by atoms with Crippen molar-refractivity contribution in [1.82, 2.24) is 9.88 Å². The van der Waals surface area contributed by atoms with Gasteiger partial charge in [0.15, 0.2) is 0 Å². The van der Waals surface area contributed by atoms with Crippen LogP contribution in [0.4, 0.5) is 5.69 Å². The smallest absolute Gasteiger partial charge is 0.294 e. The first kappa shape index (κ1) is 30.1. The Morgan fingerprint density at radius 1 is 0.951 bits per heavy atom. The van der Waals surface area contributed by atoms with Crippen LogP contribution in [0.25, 0.3) is 11.1 Å². The largest absolute Gasteiger partial charge is 0.312 e. The van der Waals surface area contributed by atoms with E-state index in [2.05, 4.69) is 72.5 Å². The van der Waals surface area contributed by atoms with Crippen molar-refractivity contribution in [3.63, 3.8) is 0 Å². The van der Waals surface area contributed by atoms with Crippen molar-refractivity contribution in [3.05, 3.63) is 114 Å². The average Bonchev–Trinajstić information content (AvgIpc) is 2.96. The summed E-state index contributed by atoms with van der Waals surface area (Å²) in [6.45, 7) is 3.63. The van der Waals surface area contributed by atoms with Crippen molar-refractivity contribution in [1.29, 1.82) is 0 Å².